The Bertz CT molecular complexity index is 550. The van der Waals surface area contributed by atoms with Gasteiger partial charge in [0.15, 0.2) is 5.11 Å². The van der Waals surface area contributed by atoms with Gasteiger partial charge in [0.25, 0.3) is 0 Å². The molecule has 2 atom stereocenters. The van der Waals surface area contributed by atoms with E-state index in [0.717, 1.165) is 18.5 Å². The second kappa shape index (κ2) is 7.74. The minimum absolute atomic E-state index is 0.252. The molecule has 0 spiro atoms. The molecule has 0 heterocycles. The van der Waals surface area contributed by atoms with E-state index in [2.05, 4.69) is 16.2 Å². The van der Waals surface area contributed by atoms with E-state index in [9.17, 15) is 14.7 Å². The Hall–Kier alpha value is -2.15. The molecule has 2 rings (SSSR count). The summed E-state index contributed by atoms with van der Waals surface area (Å²) < 4.78 is 0. The van der Waals surface area contributed by atoms with Crippen molar-refractivity contribution in [3.8, 4) is 0 Å². The summed E-state index contributed by atoms with van der Waals surface area (Å²) in [6.45, 7) is 0. The highest BCUT2D eigenvalue weighted by Crippen LogP contribution is 2.30. The summed E-state index contributed by atoms with van der Waals surface area (Å²) in [4.78, 5) is 23.4. The van der Waals surface area contributed by atoms with Crippen LogP contribution in [0.4, 0.5) is 5.69 Å². The Kier molecular flexibility index (Phi) is 5.71. The van der Waals surface area contributed by atoms with Crippen molar-refractivity contribution in [1.29, 1.82) is 0 Å². The molecule has 1 amide bonds. The number of rotatable bonds is 3. The summed E-state index contributed by atoms with van der Waals surface area (Å²) >= 11 is 5.08. The second-order valence-electron chi connectivity index (χ2n) is 5.27. The van der Waals surface area contributed by atoms with Crippen LogP contribution in [0.15, 0.2) is 30.3 Å². The second-order valence-corrected chi connectivity index (χ2v) is 5.68. The number of nitrogens with one attached hydrogen (secondary N) is 3. The van der Waals surface area contributed by atoms with E-state index in [4.69, 9.17) is 12.2 Å². The zero-order chi connectivity index (χ0) is 15.9. The molecule has 2 unspecified atom stereocenters. The number of hydrogen-bond donors (Lipinski definition) is 4. The lowest BCUT2D eigenvalue weighted by atomic mass is 9.79. The normalized spacial score (nSPS) is 20.7. The molecule has 1 aromatic rings. The minimum Gasteiger partial charge on any atom is -0.481 e. The fraction of sp³-hybridized carbons (Fsp3) is 0.400. The molecule has 0 aromatic heterocycles. The van der Waals surface area contributed by atoms with E-state index in [1.54, 1.807) is 0 Å². The summed E-state index contributed by atoms with van der Waals surface area (Å²) in [5.41, 5.74) is 5.92. The molecule has 0 bridgehead atoms. The maximum absolute atomic E-state index is 12.1. The Morgan fingerprint density at radius 3 is 2.32 bits per heavy atom. The molecule has 4 N–H and O–H groups in total. The number of aliphatic carboxylic acids is 1. The maximum Gasteiger partial charge on any atom is 0.307 e. The summed E-state index contributed by atoms with van der Waals surface area (Å²) in [5.74, 6) is -2.38. The van der Waals surface area contributed by atoms with Gasteiger partial charge in [0.1, 0.15) is 0 Å². The summed E-state index contributed by atoms with van der Waals surface area (Å²) in [6, 6.07) is 9.30. The van der Waals surface area contributed by atoms with E-state index in [-0.39, 0.29) is 11.0 Å². The molecule has 6 nitrogen and oxygen atoms in total. The molecule has 1 fully saturated rings. The van der Waals surface area contributed by atoms with E-state index >= 15 is 0 Å². The SMILES string of the molecule is O=C(O)C1CCCCC1C(=O)NNC(=S)Nc1ccccc1. The van der Waals surface area contributed by atoms with Crippen molar-refractivity contribution in [2.24, 2.45) is 11.8 Å². The number of hydrazine groups is 1. The molecule has 1 aromatic carbocycles. The third-order valence-electron chi connectivity index (χ3n) is 3.75. The van der Waals surface area contributed by atoms with Gasteiger partial charge in [-0.25, -0.2) is 0 Å². The average Bonchev–Trinajstić information content (AvgIpc) is 2.53. The van der Waals surface area contributed by atoms with Crippen LogP contribution in [-0.4, -0.2) is 22.1 Å². The largest absolute Gasteiger partial charge is 0.481 e. The van der Waals surface area contributed by atoms with Crippen molar-refractivity contribution >= 4 is 34.9 Å². The Labute approximate surface area is 134 Å². The molecule has 1 saturated carbocycles. The van der Waals surface area contributed by atoms with Crippen molar-refractivity contribution < 1.29 is 14.7 Å². The number of para-hydroxylation sites is 1. The minimum atomic E-state index is -0.912. The van der Waals surface area contributed by atoms with Crippen molar-refractivity contribution in [2.75, 3.05) is 5.32 Å². The fourth-order valence-corrected chi connectivity index (χ4v) is 2.80. The molecule has 0 radical (unpaired) electrons. The lowest BCUT2D eigenvalue weighted by Gasteiger charge is -2.27. The van der Waals surface area contributed by atoms with Gasteiger partial charge in [0.2, 0.25) is 5.91 Å². The number of carboxylic acids is 1. The Balaban J connectivity index is 1.83. The van der Waals surface area contributed by atoms with Crippen LogP contribution in [0.3, 0.4) is 0 Å². The van der Waals surface area contributed by atoms with Gasteiger partial charge in [-0.15, -0.1) is 0 Å². The molecule has 0 aliphatic heterocycles. The van der Waals surface area contributed by atoms with Crippen LogP contribution in [0, 0.1) is 11.8 Å². The number of carbonyl (C=O) groups is 2. The lowest BCUT2D eigenvalue weighted by Crippen LogP contribution is -2.49. The smallest absolute Gasteiger partial charge is 0.307 e. The summed E-state index contributed by atoms with van der Waals surface area (Å²) in [6.07, 6.45) is 2.85. The molecule has 1 aliphatic rings. The molecule has 0 saturated heterocycles. The Morgan fingerprint density at radius 2 is 1.68 bits per heavy atom. The number of anilines is 1. The predicted molar refractivity (Wildman–Crippen MR) is 87.0 cm³/mol. The van der Waals surface area contributed by atoms with Crippen LogP contribution in [0.25, 0.3) is 0 Å². The molecule has 22 heavy (non-hydrogen) atoms. The zero-order valence-electron chi connectivity index (χ0n) is 12.0. The van der Waals surface area contributed by atoms with Crippen molar-refractivity contribution in [3.05, 3.63) is 30.3 Å². The first-order chi connectivity index (χ1) is 10.6. The summed E-state index contributed by atoms with van der Waals surface area (Å²) in [5, 5.41) is 12.4. The third kappa shape index (κ3) is 4.42. The quantitative estimate of drug-likeness (QED) is 0.502. The van der Waals surface area contributed by atoms with Crippen molar-refractivity contribution in [1.82, 2.24) is 10.9 Å². The van der Waals surface area contributed by atoms with Gasteiger partial charge >= 0.3 is 5.97 Å². The van der Waals surface area contributed by atoms with E-state index in [1.165, 1.54) is 0 Å². The number of thiocarbonyl (C=S) groups is 1. The van der Waals surface area contributed by atoms with Gasteiger partial charge < -0.3 is 10.4 Å². The van der Waals surface area contributed by atoms with Crippen LogP contribution < -0.4 is 16.2 Å². The number of benzene rings is 1. The number of amides is 1. The maximum atomic E-state index is 12.1. The van der Waals surface area contributed by atoms with Crippen LogP contribution in [0.2, 0.25) is 0 Å². The van der Waals surface area contributed by atoms with Crippen molar-refractivity contribution in [3.63, 3.8) is 0 Å². The highest BCUT2D eigenvalue weighted by Gasteiger charge is 2.35. The molecular formula is C15H19N3O3S. The first kappa shape index (κ1) is 16.2. The standard InChI is InChI=1S/C15H19N3O3S/c19-13(11-8-4-5-9-12(11)14(20)21)17-18-15(22)16-10-6-2-1-3-7-10/h1-3,6-7,11-12H,4-5,8-9H2,(H,17,19)(H,20,21)(H2,16,18,22). The van der Waals surface area contributed by atoms with Crippen molar-refractivity contribution in [2.45, 2.75) is 25.7 Å². The van der Waals surface area contributed by atoms with Crippen LogP contribution in [0.5, 0.6) is 0 Å². The molecular weight excluding hydrogens is 302 g/mol. The highest BCUT2D eigenvalue weighted by atomic mass is 32.1. The molecule has 1 aliphatic carbocycles. The third-order valence-corrected chi connectivity index (χ3v) is 3.95. The number of hydrogen-bond acceptors (Lipinski definition) is 3. The van der Waals surface area contributed by atoms with Gasteiger partial charge in [-0.1, -0.05) is 31.0 Å². The number of carbonyl (C=O) groups excluding carboxylic acids is 1. The Morgan fingerprint density at radius 1 is 1.05 bits per heavy atom. The van der Waals surface area contributed by atoms with E-state index < -0.39 is 17.8 Å². The van der Waals surface area contributed by atoms with Gasteiger partial charge in [0.05, 0.1) is 11.8 Å². The average molecular weight is 321 g/mol. The van der Waals surface area contributed by atoms with Gasteiger partial charge in [-0.3, -0.25) is 20.4 Å². The topological polar surface area (TPSA) is 90.5 Å². The highest BCUT2D eigenvalue weighted by molar-refractivity contribution is 7.80. The predicted octanol–water partition coefficient (Wildman–Crippen LogP) is 1.90. The lowest BCUT2D eigenvalue weighted by molar-refractivity contribution is -0.149. The van der Waals surface area contributed by atoms with Gasteiger partial charge in [-0.2, -0.15) is 0 Å². The van der Waals surface area contributed by atoms with E-state index in [0.29, 0.717) is 12.8 Å². The van der Waals surface area contributed by atoms with Crippen LogP contribution in [-0.2, 0) is 9.59 Å². The van der Waals surface area contributed by atoms with Crippen LogP contribution >= 0.6 is 12.2 Å². The molecule has 118 valence electrons. The van der Waals surface area contributed by atoms with Gasteiger partial charge in [-0.05, 0) is 37.2 Å². The number of carboxylic acid groups (broad SMARTS) is 1. The van der Waals surface area contributed by atoms with Gasteiger partial charge in [0, 0.05) is 5.69 Å². The fourth-order valence-electron chi connectivity index (χ4n) is 2.64. The van der Waals surface area contributed by atoms with E-state index in [1.807, 2.05) is 30.3 Å². The first-order valence-corrected chi connectivity index (χ1v) is 7.63. The first-order valence-electron chi connectivity index (χ1n) is 7.22. The molecule has 7 heteroatoms. The van der Waals surface area contributed by atoms with Crippen LogP contribution in [0.1, 0.15) is 25.7 Å². The zero-order valence-corrected chi connectivity index (χ0v) is 12.9. The monoisotopic (exact) mass is 321 g/mol. The summed E-state index contributed by atoms with van der Waals surface area (Å²) in [7, 11) is 0.